The Labute approximate surface area is 248 Å². The number of hydrogen-bond donors (Lipinski definition) is 1. The molecule has 2 aromatic heterocycles. The van der Waals surface area contributed by atoms with Crippen molar-refractivity contribution < 1.29 is 23.1 Å². The number of carbonyl (C=O) groups is 2. The van der Waals surface area contributed by atoms with Crippen molar-refractivity contribution in [3.8, 4) is 11.5 Å². The zero-order chi connectivity index (χ0) is 30.1. The van der Waals surface area contributed by atoms with Crippen LogP contribution < -0.4 is 5.32 Å². The lowest BCUT2D eigenvalue weighted by atomic mass is 9.92. The van der Waals surface area contributed by atoms with Crippen LogP contribution in [-0.4, -0.2) is 50.4 Å². The van der Waals surface area contributed by atoms with E-state index in [4.69, 9.17) is 9.15 Å². The molecule has 1 saturated heterocycles. The molecule has 5 rings (SSSR count). The van der Waals surface area contributed by atoms with Crippen molar-refractivity contribution in [1.82, 2.24) is 25.4 Å². The molecule has 1 fully saturated rings. The van der Waals surface area contributed by atoms with Crippen LogP contribution in [0.1, 0.15) is 72.7 Å². The van der Waals surface area contributed by atoms with Gasteiger partial charge in [0.25, 0.3) is 5.91 Å². The maximum absolute atomic E-state index is 14.5. The molecule has 9 nitrogen and oxygen atoms in total. The van der Waals surface area contributed by atoms with Gasteiger partial charge in [-0.05, 0) is 58.4 Å². The molecule has 1 aliphatic rings. The van der Waals surface area contributed by atoms with E-state index in [1.54, 1.807) is 56.9 Å². The molecule has 0 saturated carbocycles. The topological polar surface area (TPSA) is 110 Å². The normalized spacial score (nSPS) is 18.5. The summed E-state index contributed by atoms with van der Waals surface area (Å²) in [7, 11) is 0. The number of nitrogens with zero attached hydrogens (tertiary/aromatic N) is 4. The van der Waals surface area contributed by atoms with Crippen molar-refractivity contribution in [2.45, 2.75) is 70.8 Å². The molecule has 3 heterocycles. The molecule has 2 aromatic carbocycles. The minimum Gasteiger partial charge on any atom is -0.444 e. The van der Waals surface area contributed by atoms with Crippen LogP contribution in [0.25, 0.3) is 11.5 Å². The first kappa shape index (κ1) is 29.4. The summed E-state index contributed by atoms with van der Waals surface area (Å²) in [5.41, 5.74) is 0.909. The van der Waals surface area contributed by atoms with Crippen molar-refractivity contribution in [3.63, 3.8) is 0 Å². The highest BCUT2D eigenvalue weighted by molar-refractivity contribution is 7.09. The predicted octanol–water partition coefficient (Wildman–Crippen LogP) is 6.41. The molecule has 3 unspecified atom stereocenters. The minimum absolute atomic E-state index is 0.00519. The molecule has 42 heavy (non-hydrogen) atoms. The minimum atomic E-state index is -1.12. The third-order valence-corrected chi connectivity index (χ3v) is 7.93. The van der Waals surface area contributed by atoms with Gasteiger partial charge < -0.3 is 19.4 Å². The lowest BCUT2D eigenvalue weighted by Crippen LogP contribution is -2.47. The van der Waals surface area contributed by atoms with Crippen LogP contribution in [0.4, 0.5) is 9.18 Å². The fourth-order valence-electron chi connectivity index (χ4n) is 4.99. The van der Waals surface area contributed by atoms with Gasteiger partial charge in [0.2, 0.25) is 11.8 Å². The molecule has 0 spiro atoms. The Morgan fingerprint density at radius 3 is 2.57 bits per heavy atom. The number of alkyl halides is 1. The molecule has 1 aliphatic heterocycles. The first-order chi connectivity index (χ1) is 19.9. The summed E-state index contributed by atoms with van der Waals surface area (Å²) in [6.45, 7) is 9.04. The van der Waals surface area contributed by atoms with E-state index in [1.807, 2.05) is 42.6 Å². The summed E-state index contributed by atoms with van der Waals surface area (Å²) >= 11 is 1.43. The number of aryl methyl sites for hydroxylation is 1. The molecular formula is C31H34FN5O4S. The van der Waals surface area contributed by atoms with Gasteiger partial charge in [0, 0.05) is 35.0 Å². The van der Waals surface area contributed by atoms with Gasteiger partial charge in [0.05, 0.1) is 12.6 Å². The lowest BCUT2D eigenvalue weighted by molar-refractivity contribution is 0.0443. The quantitative estimate of drug-likeness (QED) is 0.264. The highest BCUT2D eigenvalue weighted by Gasteiger charge is 2.39. The van der Waals surface area contributed by atoms with Gasteiger partial charge >= 0.3 is 6.09 Å². The molecule has 2 amide bonds. The summed E-state index contributed by atoms with van der Waals surface area (Å²) in [5.74, 6) is 0.0693. The summed E-state index contributed by atoms with van der Waals surface area (Å²) < 4.78 is 26.1. The molecule has 1 N–H and O–H groups in total. The summed E-state index contributed by atoms with van der Waals surface area (Å²) in [5, 5.41) is 14.1. The molecule has 11 heteroatoms. The third kappa shape index (κ3) is 6.67. The molecule has 0 bridgehead atoms. The number of benzene rings is 2. The fourth-order valence-corrected chi connectivity index (χ4v) is 5.91. The second-order valence-corrected chi connectivity index (χ2v) is 12.6. The third-order valence-electron chi connectivity index (χ3n) is 6.86. The Bertz CT molecular complexity index is 1570. The highest BCUT2D eigenvalue weighted by atomic mass is 32.1. The van der Waals surface area contributed by atoms with E-state index < -0.39 is 29.4 Å². The average molecular weight is 592 g/mol. The number of ether oxygens (including phenoxy) is 1. The number of carbonyl (C=O) groups excluding carboxylic acids is 2. The lowest BCUT2D eigenvalue weighted by Gasteiger charge is -2.29. The maximum Gasteiger partial charge on any atom is 0.408 e. The summed E-state index contributed by atoms with van der Waals surface area (Å²) in [4.78, 5) is 32.4. The molecule has 220 valence electrons. The van der Waals surface area contributed by atoms with Crippen LogP contribution in [0.3, 0.4) is 0 Å². The number of alkyl carbamates (subject to hydrolysis) is 1. The number of likely N-dealkylation sites (tertiary alicyclic amines) is 1. The maximum atomic E-state index is 14.5. The van der Waals surface area contributed by atoms with Gasteiger partial charge in [-0.25, -0.2) is 14.2 Å². The van der Waals surface area contributed by atoms with E-state index in [-0.39, 0.29) is 30.7 Å². The highest BCUT2D eigenvalue weighted by Crippen LogP contribution is 2.37. The van der Waals surface area contributed by atoms with Gasteiger partial charge in [-0.3, -0.25) is 4.79 Å². The largest absolute Gasteiger partial charge is 0.444 e. The van der Waals surface area contributed by atoms with E-state index in [1.165, 1.54) is 11.3 Å². The Morgan fingerprint density at radius 2 is 1.88 bits per heavy atom. The van der Waals surface area contributed by atoms with E-state index in [2.05, 4.69) is 20.5 Å². The van der Waals surface area contributed by atoms with Crippen molar-refractivity contribution in [3.05, 3.63) is 87.7 Å². The zero-order valence-corrected chi connectivity index (χ0v) is 25.1. The first-order valence-electron chi connectivity index (χ1n) is 13.8. The van der Waals surface area contributed by atoms with Crippen molar-refractivity contribution in [1.29, 1.82) is 0 Å². The second kappa shape index (κ2) is 11.6. The molecule has 0 radical (unpaired) electrons. The number of halogens is 1. The number of hydrogen-bond acceptors (Lipinski definition) is 8. The Balaban J connectivity index is 1.41. The van der Waals surface area contributed by atoms with E-state index in [0.717, 1.165) is 16.3 Å². The number of amides is 2. The van der Waals surface area contributed by atoms with Crippen LogP contribution in [-0.2, 0) is 16.7 Å². The Morgan fingerprint density at radius 1 is 1.12 bits per heavy atom. The van der Waals surface area contributed by atoms with Crippen LogP contribution in [0.2, 0.25) is 0 Å². The standard InChI is InChI=1S/C31H34FN5O4S/c1-19-18-42-26(33-19)24-15-23(32)17-37(24)27(38)22-13-9-12-21(14-22)25-35-36-28(40-25)31(5,16-20-10-7-6-8-11-20)34-29(39)41-30(2,3)4/h6-14,18,23-24H,15-17H2,1-5H3,(H,34,39). The van der Waals surface area contributed by atoms with E-state index >= 15 is 0 Å². The number of rotatable bonds is 7. The number of nitrogens with one attached hydrogen (secondary N) is 1. The molecule has 0 aliphatic carbocycles. The van der Waals surface area contributed by atoms with Crippen LogP contribution >= 0.6 is 11.3 Å². The van der Waals surface area contributed by atoms with E-state index in [0.29, 0.717) is 17.5 Å². The number of aromatic nitrogens is 3. The monoisotopic (exact) mass is 591 g/mol. The van der Waals surface area contributed by atoms with Gasteiger partial charge in [-0.15, -0.1) is 21.5 Å². The molecule has 3 atom stereocenters. The van der Waals surface area contributed by atoms with Crippen LogP contribution in [0.15, 0.2) is 64.4 Å². The van der Waals surface area contributed by atoms with Gasteiger partial charge in [-0.2, -0.15) is 0 Å². The smallest absolute Gasteiger partial charge is 0.408 e. The average Bonchev–Trinajstić information content (AvgIpc) is 3.68. The summed E-state index contributed by atoms with van der Waals surface area (Å²) in [6.07, 6.45) is -1.15. The SMILES string of the molecule is Cc1csc(C2CC(F)CN2C(=O)c2cccc(-c3nnc(C(C)(Cc4ccccc4)NC(=O)OC(C)(C)C)o3)c2)n1. The van der Waals surface area contributed by atoms with Gasteiger partial charge in [-0.1, -0.05) is 36.4 Å². The Hall–Kier alpha value is -4.12. The predicted molar refractivity (Wildman–Crippen MR) is 157 cm³/mol. The summed E-state index contributed by atoms with van der Waals surface area (Å²) in [6, 6.07) is 16.0. The first-order valence-corrected chi connectivity index (χ1v) is 14.6. The van der Waals surface area contributed by atoms with Crippen LogP contribution in [0, 0.1) is 6.92 Å². The zero-order valence-electron chi connectivity index (χ0n) is 24.3. The van der Waals surface area contributed by atoms with Crippen molar-refractivity contribution in [2.75, 3.05) is 6.54 Å². The number of thiazole rings is 1. The van der Waals surface area contributed by atoms with E-state index in [9.17, 15) is 14.0 Å². The van der Waals surface area contributed by atoms with Crippen LogP contribution in [0.5, 0.6) is 0 Å². The second-order valence-electron chi connectivity index (χ2n) is 11.7. The van der Waals surface area contributed by atoms with Gasteiger partial charge in [0.1, 0.15) is 22.3 Å². The Kier molecular flexibility index (Phi) is 8.14. The molecule has 4 aromatic rings. The van der Waals surface area contributed by atoms with Crippen molar-refractivity contribution in [2.24, 2.45) is 0 Å². The van der Waals surface area contributed by atoms with Crippen molar-refractivity contribution >= 4 is 23.3 Å². The van der Waals surface area contributed by atoms with Gasteiger partial charge in [0.15, 0.2) is 0 Å². The fraction of sp³-hybridized carbons (Fsp3) is 0.387. The molecular weight excluding hydrogens is 557 g/mol.